The van der Waals surface area contributed by atoms with Crippen molar-refractivity contribution in [2.75, 3.05) is 10.6 Å². The van der Waals surface area contributed by atoms with E-state index in [0.717, 1.165) is 5.75 Å². The van der Waals surface area contributed by atoms with Gasteiger partial charge < -0.3 is 15.4 Å². The van der Waals surface area contributed by atoms with Crippen molar-refractivity contribution in [2.45, 2.75) is 39.8 Å². The highest BCUT2D eigenvalue weighted by atomic mass is 16.5. The summed E-state index contributed by atoms with van der Waals surface area (Å²) in [4.78, 5) is 20.6. The number of anilines is 2. The van der Waals surface area contributed by atoms with Gasteiger partial charge in [-0.3, -0.25) is 4.79 Å². The average molecular weight is 314 g/mol. The molecule has 0 unspecified atom stereocenters. The first-order valence-corrected chi connectivity index (χ1v) is 7.61. The molecule has 6 heteroatoms. The van der Waals surface area contributed by atoms with Crippen LogP contribution in [0.4, 0.5) is 11.6 Å². The van der Waals surface area contributed by atoms with Gasteiger partial charge in [-0.1, -0.05) is 0 Å². The second kappa shape index (κ2) is 7.58. The zero-order valence-corrected chi connectivity index (χ0v) is 13.8. The molecular weight excluding hydrogens is 292 g/mol. The summed E-state index contributed by atoms with van der Waals surface area (Å²) in [5.41, 5.74) is 0.994. The number of hydrogen-bond acceptors (Lipinski definition) is 5. The molecule has 2 N–H and O–H groups in total. The van der Waals surface area contributed by atoms with Gasteiger partial charge in [0.15, 0.2) is 0 Å². The van der Waals surface area contributed by atoms with Crippen molar-refractivity contribution in [3.63, 3.8) is 0 Å². The zero-order chi connectivity index (χ0) is 16.8. The third-order valence-corrected chi connectivity index (χ3v) is 2.79. The van der Waals surface area contributed by atoms with E-state index >= 15 is 0 Å². The molecule has 1 amide bonds. The molecule has 0 saturated heterocycles. The smallest absolute Gasteiger partial charge is 0.274 e. The molecule has 1 heterocycles. The van der Waals surface area contributed by atoms with Crippen molar-refractivity contribution >= 4 is 17.5 Å². The molecule has 2 aromatic rings. The Bertz CT molecular complexity index is 654. The van der Waals surface area contributed by atoms with E-state index in [1.54, 1.807) is 24.4 Å². The molecular formula is C17H22N4O2. The number of carbonyl (C=O) groups excluding carboxylic acids is 1. The molecule has 0 bridgehead atoms. The molecule has 0 radical (unpaired) electrons. The van der Waals surface area contributed by atoms with Crippen LogP contribution in [-0.2, 0) is 0 Å². The SMILES string of the molecule is CC(C)Nc1nccc(C(=O)Nc2ccc(OC(C)C)cc2)n1. The van der Waals surface area contributed by atoms with Gasteiger partial charge in [0.25, 0.3) is 5.91 Å². The predicted octanol–water partition coefficient (Wildman–Crippen LogP) is 3.34. The van der Waals surface area contributed by atoms with Crippen LogP contribution in [0.3, 0.4) is 0 Å². The number of amides is 1. The Hall–Kier alpha value is -2.63. The summed E-state index contributed by atoms with van der Waals surface area (Å²) >= 11 is 0. The fourth-order valence-electron chi connectivity index (χ4n) is 1.90. The average Bonchev–Trinajstić information content (AvgIpc) is 2.48. The molecule has 0 aliphatic carbocycles. The van der Waals surface area contributed by atoms with Crippen LogP contribution in [0.1, 0.15) is 38.2 Å². The largest absolute Gasteiger partial charge is 0.491 e. The van der Waals surface area contributed by atoms with Crippen LogP contribution in [0.15, 0.2) is 36.5 Å². The predicted molar refractivity (Wildman–Crippen MR) is 90.9 cm³/mol. The summed E-state index contributed by atoms with van der Waals surface area (Å²) in [7, 11) is 0. The Balaban J connectivity index is 2.04. The molecule has 6 nitrogen and oxygen atoms in total. The van der Waals surface area contributed by atoms with Crippen molar-refractivity contribution in [3.05, 3.63) is 42.2 Å². The Morgan fingerprint density at radius 3 is 2.39 bits per heavy atom. The lowest BCUT2D eigenvalue weighted by Gasteiger charge is -2.11. The van der Waals surface area contributed by atoms with Crippen molar-refractivity contribution in [3.8, 4) is 5.75 Å². The number of ether oxygens (including phenoxy) is 1. The molecule has 122 valence electrons. The highest BCUT2D eigenvalue weighted by Gasteiger charge is 2.10. The minimum atomic E-state index is -0.281. The van der Waals surface area contributed by atoms with Gasteiger partial charge in [0, 0.05) is 17.9 Å². The molecule has 0 fully saturated rings. The monoisotopic (exact) mass is 314 g/mol. The number of benzene rings is 1. The molecule has 0 saturated carbocycles. The number of rotatable bonds is 6. The summed E-state index contributed by atoms with van der Waals surface area (Å²) in [6.07, 6.45) is 1.68. The van der Waals surface area contributed by atoms with E-state index in [-0.39, 0.29) is 18.1 Å². The fraction of sp³-hybridized carbons (Fsp3) is 0.353. The molecule has 0 atom stereocenters. The minimum absolute atomic E-state index is 0.114. The number of hydrogen-bond donors (Lipinski definition) is 2. The van der Waals surface area contributed by atoms with Crippen LogP contribution in [0, 0.1) is 0 Å². The Labute approximate surface area is 136 Å². The summed E-state index contributed by atoms with van der Waals surface area (Å²) in [6.45, 7) is 7.90. The van der Waals surface area contributed by atoms with Crippen molar-refractivity contribution in [2.24, 2.45) is 0 Å². The normalized spacial score (nSPS) is 10.7. The van der Waals surface area contributed by atoms with E-state index in [9.17, 15) is 4.79 Å². The van der Waals surface area contributed by atoms with Gasteiger partial charge in [0.1, 0.15) is 11.4 Å². The van der Waals surface area contributed by atoms with Crippen LogP contribution in [0.25, 0.3) is 0 Å². The minimum Gasteiger partial charge on any atom is -0.491 e. The van der Waals surface area contributed by atoms with E-state index in [1.165, 1.54) is 0 Å². The van der Waals surface area contributed by atoms with Gasteiger partial charge in [-0.05, 0) is 58.0 Å². The Kier molecular flexibility index (Phi) is 5.51. The molecule has 2 rings (SSSR count). The maximum absolute atomic E-state index is 12.3. The third kappa shape index (κ3) is 5.25. The second-order valence-corrected chi connectivity index (χ2v) is 5.71. The molecule has 0 aliphatic heterocycles. The number of carbonyl (C=O) groups is 1. The van der Waals surface area contributed by atoms with E-state index in [2.05, 4.69) is 20.6 Å². The van der Waals surface area contributed by atoms with Crippen molar-refractivity contribution < 1.29 is 9.53 Å². The van der Waals surface area contributed by atoms with Crippen molar-refractivity contribution in [1.29, 1.82) is 0 Å². The lowest BCUT2D eigenvalue weighted by molar-refractivity contribution is 0.102. The maximum Gasteiger partial charge on any atom is 0.274 e. The first-order valence-electron chi connectivity index (χ1n) is 7.61. The standard InChI is InChI=1S/C17H22N4O2/c1-11(2)19-17-18-10-9-15(21-17)16(22)20-13-5-7-14(8-6-13)23-12(3)4/h5-12H,1-4H3,(H,20,22)(H,18,19,21). The van der Waals surface area contributed by atoms with Gasteiger partial charge in [-0.2, -0.15) is 0 Å². The first-order chi connectivity index (χ1) is 10.9. The second-order valence-electron chi connectivity index (χ2n) is 5.71. The summed E-state index contributed by atoms with van der Waals surface area (Å²) in [6, 6.07) is 9.01. The maximum atomic E-state index is 12.3. The fourth-order valence-corrected chi connectivity index (χ4v) is 1.90. The third-order valence-electron chi connectivity index (χ3n) is 2.79. The van der Waals surface area contributed by atoms with Crippen LogP contribution in [0.2, 0.25) is 0 Å². The Morgan fingerprint density at radius 1 is 1.09 bits per heavy atom. The topological polar surface area (TPSA) is 76.1 Å². The van der Waals surface area contributed by atoms with E-state index < -0.39 is 0 Å². The van der Waals surface area contributed by atoms with E-state index in [1.807, 2.05) is 39.8 Å². The lowest BCUT2D eigenvalue weighted by atomic mass is 10.3. The van der Waals surface area contributed by atoms with Crippen LogP contribution in [0.5, 0.6) is 5.75 Å². The Morgan fingerprint density at radius 2 is 1.78 bits per heavy atom. The van der Waals surface area contributed by atoms with Gasteiger partial charge in [0.05, 0.1) is 6.10 Å². The molecule has 0 spiro atoms. The zero-order valence-electron chi connectivity index (χ0n) is 13.8. The number of nitrogens with zero attached hydrogens (tertiary/aromatic N) is 2. The van der Waals surface area contributed by atoms with Crippen LogP contribution < -0.4 is 15.4 Å². The lowest BCUT2D eigenvalue weighted by Crippen LogP contribution is -2.17. The molecule has 1 aromatic heterocycles. The first kappa shape index (κ1) is 16.7. The van der Waals surface area contributed by atoms with Crippen molar-refractivity contribution in [1.82, 2.24) is 9.97 Å². The quantitative estimate of drug-likeness (QED) is 0.855. The molecule has 23 heavy (non-hydrogen) atoms. The van der Waals surface area contributed by atoms with Gasteiger partial charge in [-0.15, -0.1) is 0 Å². The number of nitrogens with one attached hydrogen (secondary N) is 2. The van der Waals surface area contributed by atoms with Gasteiger partial charge in [-0.25, -0.2) is 9.97 Å². The summed E-state index contributed by atoms with van der Waals surface area (Å²) < 4.78 is 5.57. The van der Waals surface area contributed by atoms with Crippen LogP contribution in [-0.4, -0.2) is 28.0 Å². The summed E-state index contributed by atoms with van der Waals surface area (Å²) in [5, 5.41) is 5.88. The van der Waals surface area contributed by atoms with Gasteiger partial charge >= 0.3 is 0 Å². The summed E-state index contributed by atoms with van der Waals surface area (Å²) in [5.74, 6) is 0.925. The van der Waals surface area contributed by atoms with E-state index in [0.29, 0.717) is 17.3 Å². The van der Waals surface area contributed by atoms with Crippen LogP contribution >= 0.6 is 0 Å². The van der Waals surface area contributed by atoms with Gasteiger partial charge in [0.2, 0.25) is 5.95 Å². The highest BCUT2D eigenvalue weighted by Crippen LogP contribution is 2.17. The number of aromatic nitrogens is 2. The molecule has 0 aliphatic rings. The van der Waals surface area contributed by atoms with E-state index in [4.69, 9.17) is 4.74 Å². The highest BCUT2D eigenvalue weighted by molar-refractivity contribution is 6.02. The molecule has 1 aromatic carbocycles.